The molecule has 1 saturated heterocycles. The second-order valence-corrected chi connectivity index (χ2v) is 7.32. The van der Waals surface area contributed by atoms with E-state index >= 15 is 0 Å². The highest BCUT2D eigenvalue weighted by molar-refractivity contribution is 5.15. The lowest BCUT2D eigenvalue weighted by Gasteiger charge is -2.30. The molecule has 2 aliphatic rings. The van der Waals surface area contributed by atoms with Crippen molar-refractivity contribution in [3.8, 4) is 0 Å². The van der Waals surface area contributed by atoms with E-state index in [1.54, 1.807) is 0 Å². The molecule has 122 valence electrons. The van der Waals surface area contributed by atoms with Crippen LogP contribution in [0.1, 0.15) is 44.6 Å². The Morgan fingerprint density at radius 3 is 2.59 bits per heavy atom. The lowest BCUT2D eigenvalue weighted by Crippen LogP contribution is -2.42. The van der Waals surface area contributed by atoms with Gasteiger partial charge in [0.05, 0.1) is 6.10 Å². The van der Waals surface area contributed by atoms with Gasteiger partial charge in [0.25, 0.3) is 0 Å². The average Bonchev–Trinajstić information content (AvgIpc) is 2.87. The molecule has 1 heterocycles. The Bertz CT molecular complexity index is 442. The number of rotatable bonds is 5. The summed E-state index contributed by atoms with van der Waals surface area (Å²) in [6.07, 6.45) is 6.09. The predicted octanol–water partition coefficient (Wildman–Crippen LogP) is 2.79. The lowest BCUT2D eigenvalue weighted by atomic mass is 9.87. The van der Waals surface area contributed by atoms with Crippen molar-refractivity contribution in [1.82, 2.24) is 10.2 Å². The second kappa shape index (κ2) is 7.58. The minimum atomic E-state index is -0.165. The molecule has 22 heavy (non-hydrogen) atoms. The zero-order valence-corrected chi connectivity index (χ0v) is 13.7. The smallest absolute Gasteiger partial charge is 0.0682 e. The van der Waals surface area contributed by atoms with E-state index in [1.165, 1.54) is 31.2 Å². The first-order chi connectivity index (χ1) is 10.7. The van der Waals surface area contributed by atoms with Gasteiger partial charge >= 0.3 is 0 Å². The van der Waals surface area contributed by atoms with Gasteiger partial charge in [0, 0.05) is 31.7 Å². The summed E-state index contributed by atoms with van der Waals surface area (Å²) >= 11 is 0. The highest BCUT2D eigenvalue weighted by Crippen LogP contribution is 2.25. The molecular weight excluding hydrogens is 272 g/mol. The molecule has 3 rings (SSSR count). The number of likely N-dealkylation sites (tertiary alicyclic amines) is 1. The number of hydrogen-bond acceptors (Lipinski definition) is 3. The van der Waals surface area contributed by atoms with Crippen molar-refractivity contribution in [2.24, 2.45) is 5.92 Å². The molecule has 2 atom stereocenters. The number of aliphatic hydroxyl groups is 1. The van der Waals surface area contributed by atoms with Gasteiger partial charge in [-0.15, -0.1) is 0 Å². The fourth-order valence-electron chi connectivity index (χ4n) is 3.95. The fourth-order valence-corrected chi connectivity index (χ4v) is 3.95. The maximum atomic E-state index is 10.1. The van der Waals surface area contributed by atoms with Crippen LogP contribution in [0.4, 0.5) is 0 Å². The van der Waals surface area contributed by atoms with E-state index in [0.29, 0.717) is 12.1 Å². The molecule has 1 aliphatic carbocycles. The van der Waals surface area contributed by atoms with Crippen molar-refractivity contribution in [2.45, 2.75) is 63.8 Å². The second-order valence-electron chi connectivity index (χ2n) is 7.32. The van der Waals surface area contributed by atoms with E-state index in [-0.39, 0.29) is 6.10 Å². The summed E-state index contributed by atoms with van der Waals surface area (Å²) < 4.78 is 0. The van der Waals surface area contributed by atoms with Crippen LogP contribution in [0.15, 0.2) is 30.3 Å². The predicted molar refractivity (Wildman–Crippen MR) is 90.7 cm³/mol. The van der Waals surface area contributed by atoms with Crippen molar-refractivity contribution >= 4 is 0 Å². The van der Waals surface area contributed by atoms with Crippen LogP contribution in [0.5, 0.6) is 0 Å². The molecule has 0 unspecified atom stereocenters. The summed E-state index contributed by atoms with van der Waals surface area (Å²) in [4.78, 5) is 2.44. The largest absolute Gasteiger partial charge is 0.392 e. The first-order valence-electron chi connectivity index (χ1n) is 8.90. The van der Waals surface area contributed by atoms with Gasteiger partial charge in [-0.25, -0.2) is 0 Å². The van der Waals surface area contributed by atoms with Crippen LogP contribution in [-0.4, -0.2) is 41.3 Å². The Kier molecular flexibility index (Phi) is 5.51. The maximum absolute atomic E-state index is 10.1. The summed E-state index contributed by atoms with van der Waals surface area (Å²) in [5.41, 5.74) is 1.34. The molecule has 0 bridgehead atoms. The van der Waals surface area contributed by atoms with Crippen LogP contribution in [0, 0.1) is 5.92 Å². The topological polar surface area (TPSA) is 35.5 Å². The van der Waals surface area contributed by atoms with Gasteiger partial charge in [0.2, 0.25) is 0 Å². The Hall–Kier alpha value is -0.900. The van der Waals surface area contributed by atoms with Crippen LogP contribution >= 0.6 is 0 Å². The van der Waals surface area contributed by atoms with E-state index in [2.05, 4.69) is 47.5 Å². The van der Waals surface area contributed by atoms with E-state index in [4.69, 9.17) is 0 Å². The molecule has 0 spiro atoms. The van der Waals surface area contributed by atoms with Gasteiger partial charge in [-0.05, 0) is 43.6 Å². The molecule has 2 fully saturated rings. The SMILES string of the molecule is CC1CCC(NC[C@H]2C[C@@H](O)CN2Cc2ccccc2)CC1. The molecule has 1 aliphatic heterocycles. The Balaban J connectivity index is 1.50. The molecular formula is C19H30N2O. The quantitative estimate of drug-likeness (QED) is 0.878. The fraction of sp³-hybridized carbons (Fsp3) is 0.684. The first-order valence-corrected chi connectivity index (χ1v) is 8.90. The standard InChI is InChI=1S/C19H30N2O/c1-15-7-9-17(10-8-15)20-12-18-11-19(22)14-21(18)13-16-5-3-2-4-6-16/h2-6,15,17-20,22H,7-14H2,1H3/t15?,17?,18-,19-/m1/s1. The highest BCUT2D eigenvalue weighted by Gasteiger charge is 2.31. The van der Waals surface area contributed by atoms with E-state index in [1.807, 2.05) is 0 Å². The molecule has 0 amide bonds. The van der Waals surface area contributed by atoms with Gasteiger partial charge in [-0.1, -0.05) is 37.3 Å². The molecule has 0 aromatic heterocycles. The normalized spacial score (nSPS) is 33.2. The Morgan fingerprint density at radius 1 is 1.14 bits per heavy atom. The number of benzene rings is 1. The third-order valence-corrected chi connectivity index (χ3v) is 5.39. The van der Waals surface area contributed by atoms with Gasteiger partial charge in [0.15, 0.2) is 0 Å². The zero-order chi connectivity index (χ0) is 15.4. The van der Waals surface area contributed by atoms with Crippen molar-refractivity contribution in [3.63, 3.8) is 0 Å². The zero-order valence-electron chi connectivity index (χ0n) is 13.7. The van der Waals surface area contributed by atoms with Gasteiger partial charge in [0.1, 0.15) is 0 Å². The number of hydrogen-bond donors (Lipinski definition) is 2. The van der Waals surface area contributed by atoms with E-state index in [0.717, 1.165) is 32.0 Å². The molecule has 1 saturated carbocycles. The summed E-state index contributed by atoms with van der Waals surface area (Å²) in [5.74, 6) is 0.904. The van der Waals surface area contributed by atoms with Crippen LogP contribution in [0.3, 0.4) is 0 Å². The first kappa shape index (κ1) is 16.0. The third kappa shape index (κ3) is 4.31. The van der Waals surface area contributed by atoms with Crippen LogP contribution in [0.25, 0.3) is 0 Å². The van der Waals surface area contributed by atoms with Gasteiger partial charge < -0.3 is 10.4 Å². The summed E-state index contributed by atoms with van der Waals surface area (Å²) in [6.45, 7) is 5.14. The molecule has 0 radical (unpaired) electrons. The monoisotopic (exact) mass is 302 g/mol. The molecule has 3 nitrogen and oxygen atoms in total. The number of nitrogens with one attached hydrogen (secondary N) is 1. The van der Waals surface area contributed by atoms with Crippen LogP contribution in [0.2, 0.25) is 0 Å². The van der Waals surface area contributed by atoms with Crippen molar-refractivity contribution < 1.29 is 5.11 Å². The van der Waals surface area contributed by atoms with E-state index < -0.39 is 0 Å². The van der Waals surface area contributed by atoms with E-state index in [9.17, 15) is 5.11 Å². The van der Waals surface area contributed by atoms with Crippen LogP contribution < -0.4 is 5.32 Å². The Morgan fingerprint density at radius 2 is 1.86 bits per heavy atom. The number of nitrogens with zero attached hydrogens (tertiary/aromatic N) is 1. The van der Waals surface area contributed by atoms with Crippen molar-refractivity contribution in [3.05, 3.63) is 35.9 Å². The summed E-state index contributed by atoms with van der Waals surface area (Å²) in [5, 5.41) is 13.8. The number of aliphatic hydroxyl groups excluding tert-OH is 1. The molecule has 2 N–H and O–H groups in total. The lowest BCUT2D eigenvalue weighted by molar-refractivity contribution is 0.172. The average molecular weight is 302 g/mol. The minimum absolute atomic E-state index is 0.165. The highest BCUT2D eigenvalue weighted by atomic mass is 16.3. The van der Waals surface area contributed by atoms with Crippen molar-refractivity contribution in [1.29, 1.82) is 0 Å². The van der Waals surface area contributed by atoms with Crippen LogP contribution in [-0.2, 0) is 6.54 Å². The van der Waals surface area contributed by atoms with Gasteiger partial charge in [-0.2, -0.15) is 0 Å². The van der Waals surface area contributed by atoms with Gasteiger partial charge in [-0.3, -0.25) is 4.90 Å². The maximum Gasteiger partial charge on any atom is 0.0682 e. The van der Waals surface area contributed by atoms with Crippen molar-refractivity contribution in [2.75, 3.05) is 13.1 Å². The third-order valence-electron chi connectivity index (χ3n) is 5.39. The molecule has 1 aromatic carbocycles. The summed E-state index contributed by atoms with van der Waals surface area (Å²) in [6, 6.07) is 11.8. The Labute approximate surface area is 134 Å². The molecule has 3 heteroatoms. The summed E-state index contributed by atoms with van der Waals surface area (Å²) in [7, 11) is 0. The number of β-amino-alcohol motifs (C(OH)–C–C–N with tert-alkyl or cyclic N) is 1. The minimum Gasteiger partial charge on any atom is -0.392 e. The molecule has 1 aromatic rings.